The molecule has 1 fully saturated rings. The van der Waals surface area contributed by atoms with Crippen LogP contribution in [0, 0.1) is 5.92 Å². The molecule has 0 N–H and O–H groups in total. The van der Waals surface area contributed by atoms with Crippen molar-refractivity contribution in [2.75, 3.05) is 6.61 Å². The lowest BCUT2D eigenvalue weighted by Crippen LogP contribution is -2.10. The molecule has 0 bridgehead atoms. The van der Waals surface area contributed by atoms with Gasteiger partial charge in [-0.1, -0.05) is 38.5 Å². The van der Waals surface area contributed by atoms with Crippen molar-refractivity contribution in [3.8, 4) is 0 Å². The minimum atomic E-state index is -0.737. The molecule has 1 aliphatic carbocycles. The van der Waals surface area contributed by atoms with Gasteiger partial charge in [0, 0.05) is 0 Å². The Hall–Kier alpha value is -0.860. The summed E-state index contributed by atoms with van der Waals surface area (Å²) in [5, 5.41) is 0. The lowest BCUT2D eigenvalue weighted by Gasteiger charge is -2.12. The van der Waals surface area contributed by atoms with E-state index in [2.05, 4.69) is 0 Å². The fourth-order valence-electron chi connectivity index (χ4n) is 2.01. The maximum atomic E-state index is 10.5. The summed E-state index contributed by atoms with van der Waals surface area (Å²) >= 11 is 0. The molecule has 3 heteroatoms. The Morgan fingerprint density at radius 2 is 1.86 bits per heavy atom. The highest BCUT2D eigenvalue weighted by Crippen LogP contribution is 2.25. The quantitative estimate of drug-likeness (QED) is 0.300. The number of ether oxygens (including phenoxy) is 1. The SMILES string of the molecule is O=CC(=O)OCCC1CCCCCC1. The molecule has 0 amide bonds. The maximum Gasteiger partial charge on any atom is 0.371 e. The van der Waals surface area contributed by atoms with Crippen molar-refractivity contribution in [1.29, 1.82) is 0 Å². The summed E-state index contributed by atoms with van der Waals surface area (Å²) in [5.74, 6) is -0.0458. The van der Waals surface area contributed by atoms with Gasteiger partial charge >= 0.3 is 5.97 Å². The monoisotopic (exact) mass is 198 g/mol. The van der Waals surface area contributed by atoms with E-state index in [0.29, 0.717) is 12.5 Å². The third-order valence-corrected chi connectivity index (χ3v) is 2.84. The van der Waals surface area contributed by atoms with Gasteiger partial charge in [-0.15, -0.1) is 0 Å². The molecule has 1 aliphatic rings. The van der Waals surface area contributed by atoms with Crippen LogP contribution in [0.15, 0.2) is 0 Å². The number of carbonyl (C=O) groups excluding carboxylic acids is 2. The second kappa shape index (κ2) is 6.57. The second-order valence-electron chi connectivity index (χ2n) is 3.93. The Balaban J connectivity index is 2.10. The highest BCUT2D eigenvalue weighted by atomic mass is 16.5. The molecular weight excluding hydrogens is 180 g/mol. The third kappa shape index (κ3) is 4.40. The van der Waals surface area contributed by atoms with Crippen LogP contribution < -0.4 is 0 Å². The Bertz CT molecular complexity index is 181. The van der Waals surface area contributed by atoms with E-state index >= 15 is 0 Å². The summed E-state index contributed by atoms with van der Waals surface area (Å²) in [5.41, 5.74) is 0. The predicted octanol–water partition coefficient (Wildman–Crippen LogP) is 2.09. The van der Waals surface area contributed by atoms with Gasteiger partial charge in [-0.3, -0.25) is 4.79 Å². The zero-order valence-corrected chi connectivity index (χ0v) is 8.54. The predicted molar refractivity (Wildman–Crippen MR) is 52.8 cm³/mol. The number of esters is 1. The molecule has 1 rings (SSSR count). The molecule has 0 atom stereocenters. The number of aldehydes is 1. The largest absolute Gasteiger partial charge is 0.460 e. The van der Waals surface area contributed by atoms with Crippen molar-refractivity contribution < 1.29 is 14.3 Å². The summed E-state index contributed by atoms with van der Waals surface area (Å²) < 4.78 is 4.73. The molecule has 0 aromatic rings. The van der Waals surface area contributed by atoms with Gasteiger partial charge in [0.2, 0.25) is 6.29 Å². The maximum absolute atomic E-state index is 10.5. The van der Waals surface area contributed by atoms with Crippen molar-refractivity contribution in [3.63, 3.8) is 0 Å². The van der Waals surface area contributed by atoms with E-state index in [1.165, 1.54) is 38.5 Å². The normalized spacial score (nSPS) is 18.6. The minimum absolute atomic E-state index is 0.229. The summed E-state index contributed by atoms with van der Waals surface area (Å²) in [4.78, 5) is 20.5. The van der Waals surface area contributed by atoms with E-state index in [1.54, 1.807) is 0 Å². The molecular formula is C11H18O3. The zero-order chi connectivity index (χ0) is 10.2. The fourth-order valence-corrected chi connectivity index (χ4v) is 2.01. The first-order valence-electron chi connectivity index (χ1n) is 5.45. The molecule has 0 aromatic carbocycles. The highest BCUT2D eigenvalue weighted by Gasteiger charge is 2.12. The van der Waals surface area contributed by atoms with Gasteiger partial charge in [-0.05, 0) is 12.3 Å². The second-order valence-corrected chi connectivity index (χ2v) is 3.93. The van der Waals surface area contributed by atoms with Crippen LogP contribution in [0.25, 0.3) is 0 Å². The van der Waals surface area contributed by atoms with Gasteiger partial charge < -0.3 is 4.74 Å². The Kier molecular flexibility index (Phi) is 5.27. The molecule has 1 saturated carbocycles. The van der Waals surface area contributed by atoms with Crippen LogP contribution in [-0.4, -0.2) is 18.9 Å². The Morgan fingerprint density at radius 1 is 1.21 bits per heavy atom. The smallest absolute Gasteiger partial charge is 0.371 e. The third-order valence-electron chi connectivity index (χ3n) is 2.84. The molecule has 0 aromatic heterocycles. The Labute approximate surface area is 84.8 Å². The molecule has 0 aliphatic heterocycles. The summed E-state index contributed by atoms with van der Waals surface area (Å²) in [6.45, 7) is 0.405. The fraction of sp³-hybridized carbons (Fsp3) is 0.818. The van der Waals surface area contributed by atoms with Crippen molar-refractivity contribution in [2.45, 2.75) is 44.9 Å². The lowest BCUT2D eigenvalue weighted by molar-refractivity contribution is -0.148. The van der Waals surface area contributed by atoms with E-state index < -0.39 is 5.97 Å². The highest BCUT2D eigenvalue weighted by molar-refractivity contribution is 6.20. The van der Waals surface area contributed by atoms with Gasteiger partial charge in [0.1, 0.15) is 0 Å². The topological polar surface area (TPSA) is 43.4 Å². The van der Waals surface area contributed by atoms with Crippen LogP contribution in [0.1, 0.15) is 44.9 Å². The average Bonchev–Trinajstić information content (AvgIpc) is 2.46. The molecule has 0 radical (unpaired) electrons. The standard InChI is InChI=1S/C11H18O3/c12-9-11(13)14-8-7-10-5-3-1-2-4-6-10/h9-10H,1-8H2. The van der Waals surface area contributed by atoms with Crippen LogP contribution in [0.5, 0.6) is 0 Å². The van der Waals surface area contributed by atoms with Crippen molar-refractivity contribution in [1.82, 2.24) is 0 Å². The lowest BCUT2D eigenvalue weighted by atomic mass is 9.97. The van der Waals surface area contributed by atoms with Crippen molar-refractivity contribution in [2.24, 2.45) is 5.92 Å². The van der Waals surface area contributed by atoms with Crippen molar-refractivity contribution >= 4 is 12.3 Å². The molecule has 0 unspecified atom stereocenters. The Morgan fingerprint density at radius 3 is 2.43 bits per heavy atom. The van der Waals surface area contributed by atoms with Crippen LogP contribution >= 0.6 is 0 Å². The van der Waals surface area contributed by atoms with Crippen LogP contribution in [-0.2, 0) is 14.3 Å². The molecule has 0 saturated heterocycles. The van der Waals surface area contributed by atoms with Gasteiger partial charge in [0.25, 0.3) is 0 Å². The minimum Gasteiger partial charge on any atom is -0.460 e. The molecule has 0 spiro atoms. The van der Waals surface area contributed by atoms with Crippen LogP contribution in [0.2, 0.25) is 0 Å². The number of rotatable bonds is 4. The van der Waals surface area contributed by atoms with Gasteiger partial charge in [-0.2, -0.15) is 0 Å². The summed E-state index contributed by atoms with van der Waals surface area (Å²) in [6, 6.07) is 0. The summed E-state index contributed by atoms with van der Waals surface area (Å²) in [7, 11) is 0. The van der Waals surface area contributed by atoms with Gasteiger partial charge in [0.05, 0.1) is 6.61 Å². The van der Waals surface area contributed by atoms with E-state index in [4.69, 9.17) is 4.74 Å². The van der Waals surface area contributed by atoms with E-state index in [9.17, 15) is 9.59 Å². The summed E-state index contributed by atoms with van der Waals surface area (Å²) in [6.07, 6.45) is 8.91. The van der Waals surface area contributed by atoms with E-state index in [1.807, 2.05) is 0 Å². The first-order chi connectivity index (χ1) is 6.83. The first kappa shape index (κ1) is 11.2. The number of carbonyl (C=O) groups is 2. The molecule has 14 heavy (non-hydrogen) atoms. The van der Waals surface area contributed by atoms with E-state index in [-0.39, 0.29) is 6.29 Å². The first-order valence-corrected chi connectivity index (χ1v) is 5.45. The molecule has 3 nitrogen and oxygen atoms in total. The number of hydrogen-bond donors (Lipinski definition) is 0. The molecule has 0 heterocycles. The van der Waals surface area contributed by atoms with Crippen LogP contribution in [0.3, 0.4) is 0 Å². The average molecular weight is 198 g/mol. The van der Waals surface area contributed by atoms with Gasteiger partial charge in [-0.25, -0.2) is 4.79 Å². The van der Waals surface area contributed by atoms with Crippen LogP contribution in [0.4, 0.5) is 0 Å². The van der Waals surface area contributed by atoms with Crippen molar-refractivity contribution in [3.05, 3.63) is 0 Å². The molecule has 80 valence electrons. The van der Waals surface area contributed by atoms with E-state index in [0.717, 1.165) is 6.42 Å². The number of hydrogen-bond acceptors (Lipinski definition) is 3. The zero-order valence-electron chi connectivity index (χ0n) is 8.54. The van der Waals surface area contributed by atoms with Gasteiger partial charge in [0.15, 0.2) is 0 Å².